The number of rotatable bonds is 3. The lowest BCUT2D eigenvalue weighted by molar-refractivity contribution is 0.0697. The van der Waals surface area contributed by atoms with E-state index in [9.17, 15) is 9.90 Å². The van der Waals surface area contributed by atoms with E-state index >= 15 is 0 Å². The Bertz CT molecular complexity index is 875. The number of nitrogens with one attached hydrogen (secondary N) is 1. The first-order valence-electron chi connectivity index (χ1n) is 6.74. The number of aryl methyl sites for hydroxylation is 1. The van der Waals surface area contributed by atoms with Gasteiger partial charge in [0.15, 0.2) is 0 Å². The molecule has 1 heterocycles. The summed E-state index contributed by atoms with van der Waals surface area (Å²) in [7, 11) is 0. The summed E-state index contributed by atoms with van der Waals surface area (Å²) in [6.07, 6.45) is 0. The van der Waals surface area contributed by atoms with Crippen LogP contribution in [0.2, 0.25) is 0 Å². The molecule has 2 aromatic carbocycles. The molecule has 0 spiro atoms. The summed E-state index contributed by atoms with van der Waals surface area (Å²) in [6, 6.07) is 13.4. The van der Waals surface area contributed by atoms with Crippen LogP contribution in [0.1, 0.15) is 16.1 Å². The molecule has 0 aliphatic rings. The number of benzene rings is 2. The molecule has 1 aromatic heterocycles. The van der Waals surface area contributed by atoms with Crippen molar-refractivity contribution in [2.24, 2.45) is 0 Å². The molecular weight excluding hydrogens is 280 g/mol. The van der Waals surface area contributed by atoms with E-state index in [1.54, 1.807) is 30.3 Å². The highest BCUT2D eigenvalue weighted by Gasteiger charge is 2.09. The maximum Gasteiger partial charge on any atom is 0.335 e. The van der Waals surface area contributed by atoms with Crippen molar-refractivity contribution in [3.8, 4) is 5.75 Å². The summed E-state index contributed by atoms with van der Waals surface area (Å²) in [5.41, 5.74) is 3.20. The second-order valence-electron chi connectivity index (χ2n) is 5.02. The molecule has 0 amide bonds. The highest BCUT2D eigenvalue weighted by atomic mass is 16.4. The van der Waals surface area contributed by atoms with E-state index in [2.05, 4.69) is 10.3 Å². The Hall–Kier alpha value is -3.08. The molecular formula is C17H14N2O3. The molecule has 22 heavy (non-hydrogen) atoms. The average Bonchev–Trinajstić information content (AvgIpc) is 2.46. The van der Waals surface area contributed by atoms with Crippen molar-refractivity contribution in [3.05, 3.63) is 59.8 Å². The fourth-order valence-electron chi connectivity index (χ4n) is 2.33. The molecule has 3 aromatic rings. The Morgan fingerprint density at radius 2 is 1.95 bits per heavy atom. The van der Waals surface area contributed by atoms with Crippen LogP contribution >= 0.6 is 0 Å². The number of fused-ring (bicyclic) bond motifs is 1. The largest absolute Gasteiger partial charge is 0.508 e. The number of phenols is 1. The molecule has 3 rings (SSSR count). The standard InChI is InChI=1S/C17H14N2O3/c1-10-7-16(19-12-3-2-4-13(20)9-12)14-8-11(17(21)22)5-6-15(14)18-10/h2-9,20H,1H3,(H,18,19)(H,21,22). The zero-order chi connectivity index (χ0) is 15.7. The normalized spacial score (nSPS) is 10.6. The Morgan fingerprint density at radius 1 is 1.14 bits per heavy atom. The van der Waals surface area contributed by atoms with Gasteiger partial charge in [0.2, 0.25) is 0 Å². The molecule has 0 bridgehead atoms. The van der Waals surface area contributed by atoms with E-state index in [0.29, 0.717) is 16.6 Å². The van der Waals surface area contributed by atoms with Crippen molar-refractivity contribution in [2.45, 2.75) is 6.92 Å². The molecule has 0 atom stereocenters. The molecule has 5 nitrogen and oxygen atoms in total. The predicted molar refractivity (Wildman–Crippen MR) is 84.8 cm³/mol. The van der Waals surface area contributed by atoms with Gasteiger partial charge in [0.1, 0.15) is 5.75 Å². The van der Waals surface area contributed by atoms with Crippen LogP contribution in [-0.2, 0) is 0 Å². The number of carboxylic acid groups (broad SMARTS) is 1. The van der Waals surface area contributed by atoms with Gasteiger partial charge < -0.3 is 15.5 Å². The second kappa shape index (κ2) is 5.37. The van der Waals surface area contributed by atoms with Gasteiger partial charge in [0, 0.05) is 28.5 Å². The lowest BCUT2D eigenvalue weighted by atomic mass is 10.1. The number of aromatic nitrogens is 1. The fraction of sp³-hybridized carbons (Fsp3) is 0.0588. The minimum atomic E-state index is -0.981. The number of carboxylic acids is 1. The van der Waals surface area contributed by atoms with Gasteiger partial charge in [-0.3, -0.25) is 4.98 Å². The molecule has 110 valence electrons. The molecule has 0 saturated heterocycles. The zero-order valence-electron chi connectivity index (χ0n) is 11.9. The molecule has 3 N–H and O–H groups in total. The molecule has 0 saturated carbocycles. The summed E-state index contributed by atoms with van der Waals surface area (Å²) in [5, 5.41) is 22.6. The van der Waals surface area contributed by atoms with Crippen LogP contribution in [0.3, 0.4) is 0 Å². The van der Waals surface area contributed by atoms with Gasteiger partial charge >= 0.3 is 5.97 Å². The van der Waals surface area contributed by atoms with Gasteiger partial charge in [0.25, 0.3) is 0 Å². The van der Waals surface area contributed by atoms with Crippen LogP contribution in [0, 0.1) is 6.92 Å². The SMILES string of the molecule is Cc1cc(Nc2cccc(O)c2)c2cc(C(=O)O)ccc2n1. The van der Waals surface area contributed by atoms with Crippen LogP contribution in [0.25, 0.3) is 10.9 Å². The summed E-state index contributed by atoms with van der Waals surface area (Å²) >= 11 is 0. The van der Waals surface area contributed by atoms with Gasteiger partial charge in [0.05, 0.1) is 11.1 Å². The molecule has 0 fully saturated rings. The minimum absolute atomic E-state index is 0.159. The second-order valence-corrected chi connectivity index (χ2v) is 5.02. The maximum atomic E-state index is 11.2. The van der Waals surface area contributed by atoms with Crippen LogP contribution in [0.15, 0.2) is 48.5 Å². The average molecular weight is 294 g/mol. The van der Waals surface area contributed by atoms with Crippen LogP contribution < -0.4 is 5.32 Å². The van der Waals surface area contributed by atoms with Crippen LogP contribution in [0.4, 0.5) is 11.4 Å². The van der Waals surface area contributed by atoms with Gasteiger partial charge in [-0.25, -0.2) is 4.79 Å². The van der Waals surface area contributed by atoms with E-state index in [-0.39, 0.29) is 11.3 Å². The summed E-state index contributed by atoms with van der Waals surface area (Å²) in [4.78, 5) is 15.6. The first-order chi connectivity index (χ1) is 10.5. The lowest BCUT2D eigenvalue weighted by Crippen LogP contribution is -1.99. The Balaban J connectivity index is 2.14. The monoisotopic (exact) mass is 294 g/mol. The van der Waals surface area contributed by atoms with Crippen molar-refractivity contribution in [1.82, 2.24) is 4.98 Å². The first-order valence-corrected chi connectivity index (χ1v) is 6.74. The number of hydrogen-bond donors (Lipinski definition) is 3. The van der Waals surface area contributed by atoms with Gasteiger partial charge in [-0.05, 0) is 43.3 Å². The Kier molecular flexibility index (Phi) is 3.39. The summed E-state index contributed by atoms with van der Waals surface area (Å²) in [5.74, 6) is -0.822. The number of aromatic carboxylic acids is 1. The number of hydrogen-bond acceptors (Lipinski definition) is 4. The maximum absolute atomic E-state index is 11.2. The van der Waals surface area contributed by atoms with Crippen molar-refractivity contribution in [2.75, 3.05) is 5.32 Å². The first kappa shape index (κ1) is 13.9. The van der Waals surface area contributed by atoms with E-state index in [0.717, 1.165) is 11.4 Å². The molecule has 5 heteroatoms. The van der Waals surface area contributed by atoms with Gasteiger partial charge in [-0.2, -0.15) is 0 Å². The lowest BCUT2D eigenvalue weighted by Gasteiger charge is -2.11. The van der Waals surface area contributed by atoms with Gasteiger partial charge in [-0.15, -0.1) is 0 Å². The summed E-state index contributed by atoms with van der Waals surface area (Å²) < 4.78 is 0. The quantitative estimate of drug-likeness (QED) is 0.686. The number of phenolic OH excluding ortho intramolecular Hbond substituents is 1. The zero-order valence-corrected chi connectivity index (χ0v) is 11.9. The highest BCUT2D eigenvalue weighted by Crippen LogP contribution is 2.28. The molecule has 0 aliphatic heterocycles. The fourth-order valence-corrected chi connectivity index (χ4v) is 2.33. The predicted octanol–water partition coefficient (Wildman–Crippen LogP) is 3.69. The number of anilines is 2. The smallest absolute Gasteiger partial charge is 0.335 e. The van der Waals surface area contributed by atoms with Crippen molar-refractivity contribution in [3.63, 3.8) is 0 Å². The van der Waals surface area contributed by atoms with Crippen LogP contribution in [-0.4, -0.2) is 21.2 Å². The molecule has 0 unspecified atom stereocenters. The van der Waals surface area contributed by atoms with Crippen molar-refractivity contribution < 1.29 is 15.0 Å². The number of aromatic hydroxyl groups is 1. The number of pyridine rings is 1. The van der Waals surface area contributed by atoms with E-state index < -0.39 is 5.97 Å². The topological polar surface area (TPSA) is 82.5 Å². The molecule has 0 aliphatic carbocycles. The van der Waals surface area contributed by atoms with E-state index in [1.807, 2.05) is 19.1 Å². The number of carbonyl (C=O) groups is 1. The minimum Gasteiger partial charge on any atom is -0.508 e. The molecule has 0 radical (unpaired) electrons. The van der Waals surface area contributed by atoms with Crippen molar-refractivity contribution in [1.29, 1.82) is 0 Å². The van der Waals surface area contributed by atoms with E-state index in [1.165, 1.54) is 6.07 Å². The Morgan fingerprint density at radius 3 is 2.68 bits per heavy atom. The third-order valence-corrected chi connectivity index (χ3v) is 3.31. The third kappa shape index (κ3) is 2.69. The highest BCUT2D eigenvalue weighted by molar-refractivity contribution is 5.99. The third-order valence-electron chi connectivity index (χ3n) is 3.31. The summed E-state index contributed by atoms with van der Waals surface area (Å²) in [6.45, 7) is 1.87. The Labute approximate surface area is 126 Å². The van der Waals surface area contributed by atoms with Gasteiger partial charge in [-0.1, -0.05) is 6.07 Å². The van der Waals surface area contributed by atoms with E-state index in [4.69, 9.17) is 5.11 Å². The van der Waals surface area contributed by atoms with Crippen LogP contribution in [0.5, 0.6) is 5.75 Å². The van der Waals surface area contributed by atoms with Crippen molar-refractivity contribution >= 4 is 28.2 Å². The number of nitrogens with zero attached hydrogens (tertiary/aromatic N) is 1.